The molecule has 12 rings (SSSR count). The van der Waals surface area contributed by atoms with Crippen molar-refractivity contribution < 1.29 is 35.1 Å². The Balaban J connectivity index is 1.13. The van der Waals surface area contributed by atoms with E-state index in [1.807, 2.05) is 24.3 Å². The molecule has 10 heteroatoms. The first-order chi connectivity index (χ1) is 35.9. The van der Waals surface area contributed by atoms with Gasteiger partial charge in [0.15, 0.2) is 0 Å². The largest absolute Gasteiger partial charge is 0.304 e. The fourth-order valence-electron chi connectivity index (χ4n) is 10.0. The molecule has 0 unspecified atom stereocenters. The quantitative estimate of drug-likeness (QED) is 0.0995. The average Bonchev–Trinajstić information content (AvgIpc) is 3.42. The summed E-state index contributed by atoms with van der Waals surface area (Å²) in [6, 6.07) is 55.0. The lowest BCUT2D eigenvalue weighted by Crippen LogP contribution is -2.15. The van der Waals surface area contributed by atoms with Gasteiger partial charge in [0.1, 0.15) is 46.5 Å². The number of halogens is 8. The van der Waals surface area contributed by atoms with Crippen molar-refractivity contribution in [2.75, 3.05) is 9.80 Å². The maximum absolute atomic E-state index is 16.9. The molecule has 74 heavy (non-hydrogen) atoms. The van der Waals surface area contributed by atoms with Gasteiger partial charge in [-0.15, -0.1) is 0 Å². The lowest BCUT2D eigenvalue weighted by molar-refractivity contribution is 0.619. The highest BCUT2D eigenvalue weighted by molar-refractivity contribution is 6.29. The highest BCUT2D eigenvalue weighted by Crippen LogP contribution is 2.51. The smallest absolute Gasteiger partial charge is 0.147 e. The van der Waals surface area contributed by atoms with E-state index in [-0.39, 0.29) is 22.7 Å². The van der Waals surface area contributed by atoms with Crippen molar-refractivity contribution in [2.45, 2.75) is 0 Å². The third kappa shape index (κ3) is 8.20. The second kappa shape index (κ2) is 18.4. The summed E-state index contributed by atoms with van der Waals surface area (Å²) in [5.74, 6) is -4.77. The van der Waals surface area contributed by atoms with Gasteiger partial charge in [0.05, 0.1) is 34.1 Å². The van der Waals surface area contributed by atoms with E-state index in [1.165, 1.54) is 107 Å². The SMILES string of the molecule is Fc1ccc(-c2ccc(F)c(N(c3cc(-c4cccc(F)c4)ccc3F)c3cc4cccc5c(N(c6cc(-c7ccc(F)cc7)ccc6F)c6cc(-c7cccc(F)c7)ccc6F)cc6cccc3c6c45)c2)cc1. The monoisotopic (exact) mass is 984 g/mol. The highest BCUT2D eigenvalue weighted by Gasteiger charge is 2.29. The second-order valence-corrected chi connectivity index (χ2v) is 18.0. The van der Waals surface area contributed by atoms with Crippen LogP contribution in [-0.2, 0) is 0 Å². The fourth-order valence-corrected chi connectivity index (χ4v) is 10.0. The van der Waals surface area contributed by atoms with Crippen molar-refractivity contribution in [3.8, 4) is 44.5 Å². The summed E-state index contributed by atoms with van der Waals surface area (Å²) in [4.78, 5) is 2.97. The standard InChI is InChI=1S/C64H36F8N2/c65-47-21-13-37(14-22-47)41-17-25-53(69)59(31-41)73(61-33-43(19-27-55(61)71)39-5-1-9-49(67)29-39)57-35-45-7-4-12-52-58(36-46-8-3-11-51(57)63(46)64(45)52)74(60-32-42(18-26-54(60)70)38-15-23-48(66)24-16-38)62-34-44(20-28-56(62)72)40-6-2-10-50(68)30-40/h1-36H. The zero-order chi connectivity index (χ0) is 50.8. The number of hydrogen-bond acceptors (Lipinski definition) is 2. The topological polar surface area (TPSA) is 6.48 Å². The number of hydrogen-bond donors (Lipinski definition) is 0. The zero-order valence-electron chi connectivity index (χ0n) is 38.7. The summed E-state index contributed by atoms with van der Waals surface area (Å²) in [5, 5.41) is 3.62. The van der Waals surface area contributed by atoms with Crippen LogP contribution in [0.5, 0.6) is 0 Å². The van der Waals surface area contributed by atoms with E-state index in [0.29, 0.717) is 88.2 Å². The molecule has 0 amide bonds. The van der Waals surface area contributed by atoms with Gasteiger partial charge in [-0.05, 0) is 175 Å². The molecule has 12 aromatic rings. The summed E-state index contributed by atoms with van der Waals surface area (Å²) in [6.07, 6.45) is 0. The van der Waals surface area contributed by atoms with Gasteiger partial charge in [0.2, 0.25) is 0 Å². The van der Waals surface area contributed by atoms with Crippen molar-refractivity contribution in [1.82, 2.24) is 0 Å². The lowest BCUT2D eigenvalue weighted by Gasteiger charge is -2.31. The molecular formula is C64H36F8N2. The molecular weight excluding hydrogens is 949 g/mol. The summed E-state index contributed by atoms with van der Waals surface area (Å²) >= 11 is 0. The van der Waals surface area contributed by atoms with Gasteiger partial charge in [-0.2, -0.15) is 0 Å². The molecule has 0 saturated carbocycles. The Morgan fingerprint density at radius 1 is 0.216 bits per heavy atom. The Hall–Kier alpha value is -9.28. The van der Waals surface area contributed by atoms with Gasteiger partial charge < -0.3 is 9.80 Å². The van der Waals surface area contributed by atoms with E-state index in [4.69, 9.17) is 0 Å². The Morgan fingerprint density at radius 3 is 0.851 bits per heavy atom. The molecule has 0 aromatic heterocycles. The maximum Gasteiger partial charge on any atom is 0.147 e. The zero-order valence-corrected chi connectivity index (χ0v) is 38.7. The van der Waals surface area contributed by atoms with E-state index in [2.05, 4.69) is 0 Å². The molecule has 0 heterocycles. The van der Waals surface area contributed by atoms with Crippen LogP contribution in [-0.4, -0.2) is 0 Å². The Kier molecular flexibility index (Phi) is 11.4. The van der Waals surface area contributed by atoms with Gasteiger partial charge in [-0.25, -0.2) is 35.1 Å². The molecule has 12 aromatic carbocycles. The van der Waals surface area contributed by atoms with Gasteiger partial charge in [-0.3, -0.25) is 0 Å². The minimum absolute atomic E-state index is 0.0473. The van der Waals surface area contributed by atoms with Crippen LogP contribution in [0.3, 0.4) is 0 Å². The van der Waals surface area contributed by atoms with Crippen molar-refractivity contribution in [3.63, 3.8) is 0 Å². The third-order valence-electron chi connectivity index (χ3n) is 13.5. The molecule has 358 valence electrons. The van der Waals surface area contributed by atoms with Crippen molar-refractivity contribution in [3.05, 3.63) is 265 Å². The van der Waals surface area contributed by atoms with Crippen molar-refractivity contribution in [2.24, 2.45) is 0 Å². The molecule has 2 nitrogen and oxygen atoms in total. The summed E-state index contributed by atoms with van der Waals surface area (Å²) < 4.78 is 125. The molecule has 0 radical (unpaired) electrons. The summed E-state index contributed by atoms with van der Waals surface area (Å²) in [6.45, 7) is 0. The van der Waals surface area contributed by atoms with Crippen LogP contribution in [0.25, 0.3) is 76.8 Å². The molecule has 0 atom stereocenters. The second-order valence-electron chi connectivity index (χ2n) is 18.0. The minimum Gasteiger partial charge on any atom is -0.304 e. The van der Waals surface area contributed by atoms with Crippen LogP contribution in [0, 0.1) is 46.5 Å². The van der Waals surface area contributed by atoms with Crippen molar-refractivity contribution in [1.29, 1.82) is 0 Å². The van der Waals surface area contributed by atoms with Crippen molar-refractivity contribution >= 4 is 66.4 Å². The molecule has 0 N–H and O–H groups in total. The van der Waals surface area contributed by atoms with E-state index in [9.17, 15) is 17.6 Å². The van der Waals surface area contributed by atoms with Crippen LogP contribution >= 0.6 is 0 Å². The normalized spacial score (nSPS) is 11.5. The molecule has 0 aliphatic rings. The van der Waals surface area contributed by atoms with E-state index >= 15 is 17.6 Å². The van der Waals surface area contributed by atoms with Crippen LogP contribution in [0.1, 0.15) is 0 Å². The fraction of sp³-hybridized carbons (Fsp3) is 0. The average molecular weight is 985 g/mol. The third-order valence-corrected chi connectivity index (χ3v) is 13.5. The highest BCUT2D eigenvalue weighted by atomic mass is 19.2. The van der Waals surface area contributed by atoms with Gasteiger partial charge in [-0.1, -0.05) is 109 Å². The first kappa shape index (κ1) is 45.8. The van der Waals surface area contributed by atoms with E-state index < -0.39 is 46.5 Å². The predicted octanol–water partition coefficient (Wildman–Crippen LogP) is 19.3. The minimum atomic E-state index is -0.716. The first-order valence-electron chi connectivity index (χ1n) is 23.5. The first-order valence-corrected chi connectivity index (χ1v) is 23.5. The molecule has 0 bridgehead atoms. The van der Waals surface area contributed by atoms with Gasteiger partial charge in [0, 0.05) is 10.8 Å². The summed E-state index contributed by atoms with van der Waals surface area (Å²) in [5.41, 5.74) is 4.49. The molecule has 0 aliphatic heterocycles. The van der Waals surface area contributed by atoms with E-state index in [0.717, 1.165) is 0 Å². The molecule has 0 aliphatic carbocycles. The molecule has 0 saturated heterocycles. The van der Waals surface area contributed by atoms with Crippen LogP contribution in [0.15, 0.2) is 218 Å². The number of rotatable bonds is 10. The number of nitrogens with zero attached hydrogens (tertiary/aromatic N) is 2. The molecule has 0 spiro atoms. The number of benzene rings is 12. The van der Waals surface area contributed by atoms with Crippen LogP contribution < -0.4 is 9.80 Å². The lowest BCUT2D eigenvalue weighted by atomic mass is 9.90. The Labute approximate surface area is 419 Å². The van der Waals surface area contributed by atoms with Gasteiger partial charge in [0.25, 0.3) is 0 Å². The summed E-state index contributed by atoms with van der Waals surface area (Å²) in [7, 11) is 0. The predicted molar refractivity (Wildman–Crippen MR) is 281 cm³/mol. The Morgan fingerprint density at radius 2 is 0.514 bits per heavy atom. The van der Waals surface area contributed by atoms with E-state index in [1.54, 1.807) is 97.1 Å². The van der Waals surface area contributed by atoms with Crippen LogP contribution in [0.4, 0.5) is 69.2 Å². The van der Waals surface area contributed by atoms with Gasteiger partial charge >= 0.3 is 0 Å². The van der Waals surface area contributed by atoms with Crippen LogP contribution in [0.2, 0.25) is 0 Å². The maximum atomic E-state index is 16.9. The Bertz CT molecular complexity index is 3870. The number of anilines is 6. The molecule has 0 fully saturated rings.